The van der Waals surface area contributed by atoms with E-state index in [-0.39, 0.29) is 18.9 Å². The number of nitrogens with zero attached hydrogens (tertiary/aromatic N) is 2. The summed E-state index contributed by atoms with van der Waals surface area (Å²) in [5, 5.41) is 8.80. The molecule has 98 valence electrons. The second kappa shape index (κ2) is 6.14. The smallest absolute Gasteiger partial charge is 0.308 e. The monoisotopic (exact) mass is 250 g/mol. The van der Waals surface area contributed by atoms with Gasteiger partial charge in [-0.1, -0.05) is 13.0 Å². The van der Waals surface area contributed by atoms with Crippen molar-refractivity contribution in [2.24, 2.45) is 5.92 Å². The molecule has 0 aromatic carbocycles. The number of amides is 1. The third kappa shape index (κ3) is 3.84. The predicted octanol–water partition coefficient (Wildman–Crippen LogP) is 1.11. The number of aliphatic carboxylic acids is 1. The Labute approximate surface area is 106 Å². The van der Waals surface area contributed by atoms with E-state index in [2.05, 4.69) is 4.98 Å². The summed E-state index contributed by atoms with van der Waals surface area (Å²) in [6.45, 7) is 3.69. The van der Waals surface area contributed by atoms with Crippen LogP contribution in [0.5, 0.6) is 0 Å². The van der Waals surface area contributed by atoms with Crippen LogP contribution in [0.3, 0.4) is 0 Å². The Balaban J connectivity index is 2.61. The maximum atomic E-state index is 11.9. The van der Waals surface area contributed by atoms with Gasteiger partial charge in [-0.25, -0.2) is 0 Å². The second-order valence-corrected chi connectivity index (χ2v) is 4.46. The van der Waals surface area contributed by atoms with Crippen LogP contribution in [0.15, 0.2) is 18.3 Å². The van der Waals surface area contributed by atoms with E-state index in [1.54, 1.807) is 20.2 Å². The number of aryl methyl sites for hydroxylation is 1. The zero-order chi connectivity index (χ0) is 13.7. The molecule has 0 saturated carbocycles. The lowest BCUT2D eigenvalue weighted by molar-refractivity contribution is -0.142. The standard InChI is InChI=1S/C13H18N2O3/c1-9-5-4-6-14-11(9)7-12(16)15(3)8-10(2)13(17)18/h4-6,10H,7-8H2,1-3H3,(H,17,18). The Morgan fingerprint density at radius 1 is 1.50 bits per heavy atom. The summed E-state index contributed by atoms with van der Waals surface area (Å²) in [7, 11) is 1.61. The molecular formula is C13H18N2O3. The lowest BCUT2D eigenvalue weighted by Gasteiger charge is -2.19. The molecule has 1 aromatic rings. The number of likely N-dealkylation sites (N-methyl/N-ethyl adjacent to an activating group) is 1. The zero-order valence-electron chi connectivity index (χ0n) is 10.9. The van der Waals surface area contributed by atoms with Gasteiger partial charge < -0.3 is 10.0 Å². The van der Waals surface area contributed by atoms with E-state index < -0.39 is 11.9 Å². The molecule has 0 aliphatic rings. The van der Waals surface area contributed by atoms with E-state index in [0.717, 1.165) is 11.3 Å². The molecule has 1 rings (SSSR count). The average Bonchev–Trinajstić information content (AvgIpc) is 2.31. The van der Waals surface area contributed by atoms with E-state index in [1.807, 2.05) is 19.1 Å². The molecule has 0 aliphatic heterocycles. The minimum atomic E-state index is -0.899. The minimum absolute atomic E-state index is 0.120. The van der Waals surface area contributed by atoms with Gasteiger partial charge in [-0.05, 0) is 18.6 Å². The molecule has 5 nitrogen and oxygen atoms in total. The number of hydrogen-bond donors (Lipinski definition) is 1. The predicted molar refractivity (Wildman–Crippen MR) is 67.1 cm³/mol. The molecule has 1 N–H and O–H groups in total. The number of rotatable bonds is 5. The van der Waals surface area contributed by atoms with Crippen LogP contribution < -0.4 is 0 Å². The molecule has 1 aromatic heterocycles. The maximum Gasteiger partial charge on any atom is 0.308 e. The largest absolute Gasteiger partial charge is 0.481 e. The van der Waals surface area contributed by atoms with Crippen LogP contribution in [0.2, 0.25) is 0 Å². The van der Waals surface area contributed by atoms with Crippen LogP contribution >= 0.6 is 0 Å². The first-order valence-electron chi connectivity index (χ1n) is 5.79. The summed E-state index contributed by atoms with van der Waals surface area (Å²) in [5.41, 5.74) is 1.70. The molecule has 1 atom stereocenters. The number of carbonyl (C=O) groups is 2. The van der Waals surface area contributed by atoms with Gasteiger partial charge in [-0.2, -0.15) is 0 Å². The number of hydrogen-bond acceptors (Lipinski definition) is 3. The lowest BCUT2D eigenvalue weighted by atomic mass is 10.1. The summed E-state index contributed by atoms with van der Waals surface area (Å²) in [6.07, 6.45) is 1.85. The molecule has 0 aliphatic carbocycles. The molecule has 0 fully saturated rings. The Morgan fingerprint density at radius 2 is 2.17 bits per heavy atom. The van der Waals surface area contributed by atoms with Crippen LogP contribution in [0.4, 0.5) is 0 Å². The molecule has 0 radical (unpaired) electrons. The molecule has 0 saturated heterocycles. The van der Waals surface area contributed by atoms with Crippen molar-refractivity contribution in [3.63, 3.8) is 0 Å². The zero-order valence-corrected chi connectivity index (χ0v) is 10.9. The highest BCUT2D eigenvalue weighted by Crippen LogP contribution is 2.07. The first-order valence-corrected chi connectivity index (χ1v) is 5.79. The van der Waals surface area contributed by atoms with Crippen molar-refractivity contribution in [1.82, 2.24) is 9.88 Å². The van der Waals surface area contributed by atoms with Gasteiger partial charge in [-0.3, -0.25) is 14.6 Å². The van der Waals surface area contributed by atoms with E-state index in [4.69, 9.17) is 5.11 Å². The summed E-state index contributed by atoms with van der Waals surface area (Å²) >= 11 is 0. The number of carboxylic acid groups (broad SMARTS) is 1. The molecule has 5 heteroatoms. The maximum absolute atomic E-state index is 11.9. The third-order valence-electron chi connectivity index (χ3n) is 2.83. The van der Waals surface area contributed by atoms with Crippen molar-refractivity contribution in [1.29, 1.82) is 0 Å². The molecule has 18 heavy (non-hydrogen) atoms. The van der Waals surface area contributed by atoms with Crippen molar-refractivity contribution in [3.8, 4) is 0 Å². The van der Waals surface area contributed by atoms with Gasteiger partial charge in [0.25, 0.3) is 0 Å². The normalized spacial score (nSPS) is 11.9. The Morgan fingerprint density at radius 3 is 2.72 bits per heavy atom. The summed E-state index contributed by atoms with van der Waals surface area (Å²) in [4.78, 5) is 28.2. The van der Waals surface area contributed by atoms with E-state index >= 15 is 0 Å². The van der Waals surface area contributed by atoms with Crippen LogP contribution in [0.1, 0.15) is 18.2 Å². The third-order valence-corrected chi connectivity index (χ3v) is 2.83. The van der Waals surface area contributed by atoms with Gasteiger partial charge in [0.05, 0.1) is 18.0 Å². The number of aromatic nitrogens is 1. The van der Waals surface area contributed by atoms with Crippen LogP contribution in [-0.4, -0.2) is 40.5 Å². The van der Waals surface area contributed by atoms with Crippen molar-refractivity contribution in [3.05, 3.63) is 29.6 Å². The van der Waals surface area contributed by atoms with Gasteiger partial charge in [0, 0.05) is 19.8 Å². The van der Waals surface area contributed by atoms with Crippen LogP contribution in [0, 0.1) is 12.8 Å². The SMILES string of the molecule is Cc1cccnc1CC(=O)N(C)CC(C)C(=O)O. The number of carboxylic acids is 1. The molecule has 0 spiro atoms. The van der Waals surface area contributed by atoms with Gasteiger partial charge in [0.2, 0.25) is 5.91 Å². The van der Waals surface area contributed by atoms with Crippen LogP contribution in [0.25, 0.3) is 0 Å². The topological polar surface area (TPSA) is 70.5 Å². The van der Waals surface area contributed by atoms with Gasteiger partial charge >= 0.3 is 5.97 Å². The Hall–Kier alpha value is -1.91. The fourth-order valence-electron chi connectivity index (χ4n) is 1.57. The van der Waals surface area contributed by atoms with Crippen molar-refractivity contribution >= 4 is 11.9 Å². The molecule has 1 heterocycles. The van der Waals surface area contributed by atoms with Crippen molar-refractivity contribution < 1.29 is 14.7 Å². The lowest BCUT2D eigenvalue weighted by Crippen LogP contribution is -2.34. The highest BCUT2D eigenvalue weighted by atomic mass is 16.4. The average molecular weight is 250 g/mol. The van der Waals surface area contributed by atoms with Gasteiger partial charge in [0.15, 0.2) is 0 Å². The molecule has 1 amide bonds. The number of carbonyl (C=O) groups excluding carboxylic acids is 1. The summed E-state index contributed by atoms with van der Waals surface area (Å²) in [5.74, 6) is -1.59. The summed E-state index contributed by atoms with van der Waals surface area (Å²) in [6, 6.07) is 3.72. The Bertz CT molecular complexity index is 446. The number of pyridine rings is 1. The first-order chi connectivity index (χ1) is 8.41. The molecular weight excluding hydrogens is 232 g/mol. The van der Waals surface area contributed by atoms with Crippen molar-refractivity contribution in [2.75, 3.05) is 13.6 Å². The first kappa shape index (κ1) is 14.2. The molecule has 0 bridgehead atoms. The van der Waals surface area contributed by atoms with Gasteiger partial charge in [-0.15, -0.1) is 0 Å². The van der Waals surface area contributed by atoms with Crippen molar-refractivity contribution in [2.45, 2.75) is 20.3 Å². The van der Waals surface area contributed by atoms with E-state index in [1.165, 1.54) is 4.90 Å². The quantitative estimate of drug-likeness (QED) is 0.849. The fourth-order valence-corrected chi connectivity index (χ4v) is 1.57. The van der Waals surface area contributed by atoms with Crippen LogP contribution in [-0.2, 0) is 16.0 Å². The Kier molecular flexibility index (Phi) is 4.83. The van der Waals surface area contributed by atoms with E-state index in [0.29, 0.717) is 0 Å². The van der Waals surface area contributed by atoms with Gasteiger partial charge in [0.1, 0.15) is 0 Å². The second-order valence-electron chi connectivity index (χ2n) is 4.46. The molecule has 1 unspecified atom stereocenters. The minimum Gasteiger partial charge on any atom is -0.481 e. The fraction of sp³-hybridized carbons (Fsp3) is 0.462. The van der Waals surface area contributed by atoms with E-state index in [9.17, 15) is 9.59 Å². The highest BCUT2D eigenvalue weighted by Gasteiger charge is 2.18. The highest BCUT2D eigenvalue weighted by molar-refractivity contribution is 5.79. The summed E-state index contributed by atoms with van der Waals surface area (Å²) < 4.78 is 0.